The van der Waals surface area contributed by atoms with Gasteiger partial charge >= 0.3 is 0 Å². The molecule has 1 fully saturated rings. The SMILES string of the molecule is C[C@H](C(=O)NC1CCCCC1)N(CCc1ccccc1)C(=O)CN(c1cc(Cl)cc(Cl)c1)S(C)(=O)=O. The Hall–Kier alpha value is -2.29. The number of carbonyl (C=O) groups is 2. The van der Waals surface area contributed by atoms with Crippen molar-refractivity contribution in [3.63, 3.8) is 0 Å². The van der Waals surface area contributed by atoms with Crippen molar-refractivity contribution in [1.82, 2.24) is 10.2 Å². The Morgan fingerprint density at radius 3 is 2.22 bits per heavy atom. The van der Waals surface area contributed by atoms with Crippen molar-refractivity contribution in [2.45, 2.75) is 57.5 Å². The van der Waals surface area contributed by atoms with Crippen molar-refractivity contribution in [3.8, 4) is 0 Å². The molecule has 2 amide bonds. The standard InChI is InChI=1S/C26H33Cl2N3O4S/c1-19(26(33)29-23-11-7-4-8-12-23)30(14-13-20-9-5-3-6-10-20)25(32)18-31(36(2,34)35)24-16-21(27)15-22(28)17-24/h3,5-6,9-10,15-17,19,23H,4,7-8,11-14,18H2,1-2H3,(H,29,33)/t19-/m1/s1. The first-order chi connectivity index (χ1) is 17.0. The normalized spacial score (nSPS) is 15.2. The second-order valence-corrected chi connectivity index (χ2v) is 12.0. The van der Waals surface area contributed by atoms with Gasteiger partial charge in [-0.15, -0.1) is 0 Å². The molecule has 0 saturated heterocycles. The third-order valence-electron chi connectivity index (χ3n) is 6.42. The maximum Gasteiger partial charge on any atom is 0.244 e. The van der Waals surface area contributed by atoms with Crippen LogP contribution in [0.15, 0.2) is 48.5 Å². The highest BCUT2D eigenvalue weighted by atomic mass is 35.5. The number of hydrogen-bond donors (Lipinski definition) is 1. The van der Waals surface area contributed by atoms with Crippen LogP contribution in [0.2, 0.25) is 10.0 Å². The van der Waals surface area contributed by atoms with E-state index >= 15 is 0 Å². The van der Waals surface area contributed by atoms with Crippen molar-refractivity contribution in [3.05, 3.63) is 64.1 Å². The molecule has 36 heavy (non-hydrogen) atoms. The van der Waals surface area contributed by atoms with Crippen LogP contribution in [0.5, 0.6) is 0 Å². The molecule has 0 spiro atoms. The number of rotatable bonds is 10. The van der Waals surface area contributed by atoms with E-state index in [4.69, 9.17) is 23.2 Å². The molecule has 1 aliphatic carbocycles. The molecule has 0 aromatic heterocycles. The summed E-state index contributed by atoms with van der Waals surface area (Å²) < 4.78 is 26.3. The highest BCUT2D eigenvalue weighted by Gasteiger charge is 2.31. The number of benzene rings is 2. The second kappa shape index (κ2) is 12.8. The minimum Gasteiger partial charge on any atom is -0.352 e. The van der Waals surface area contributed by atoms with Crippen molar-refractivity contribution >= 4 is 50.7 Å². The molecule has 0 heterocycles. The number of amides is 2. The van der Waals surface area contributed by atoms with Crippen LogP contribution in [0, 0.1) is 0 Å². The lowest BCUT2D eigenvalue weighted by molar-refractivity contribution is -0.139. The molecule has 7 nitrogen and oxygen atoms in total. The van der Waals surface area contributed by atoms with Crippen molar-refractivity contribution in [1.29, 1.82) is 0 Å². The summed E-state index contributed by atoms with van der Waals surface area (Å²) in [5.74, 6) is -0.723. The molecule has 0 aliphatic heterocycles. The van der Waals surface area contributed by atoms with E-state index in [0.717, 1.165) is 41.8 Å². The number of nitrogens with zero attached hydrogens (tertiary/aromatic N) is 2. The van der Waals surface area contributed by atoms with Gasteiger partial charge in [-0.1, -0.05) is 72.8 Å². The third kappa shape index (κ3) is 8.11. The topological polar surface area (TPSA) is 86.8 Å². The maximum absolute atomic E-state index is 13.6. The first-order valence-corrected chi connectivity index (χ1v) is 14.7. The lowest BCUT2D eigenvalue weighted by Crippen LogP contribution is -2.53. The van der Waals surface area contributed by atoms with Crippen molar-refractivity contribution in [2.75, 3.05) is 23.7 Å². The van der Waals surface area contributed by atoms with Gasteiger partial charge in [0, 0.05) is 22.6 Å². The molecule has 3 rings (SSSR count). The number of carbonyl (C=O) groups excluding carboxylic acids is 2. The molecule has 1 atom stereocenters. The quantitative estimate of drug-likeness (QED) is 0.463. The molecule has 2 aromatic rings. The number of hydrogen-bond acceptors (Lipinski definition) is 4. The summed E-state index contributed by atoms with van der Waals surface area (Å²) in [6.45, 7) is 1.46. The molecule has 2 aromatic carbocycles. The van der Waals surface area contributed by atoms with Crippen LogP contribution in [0.3, 0.4) is 0 Å². The van der Waals surface area contributed by atoms with Crippen LogP contribution >= 0.6 is 23.2 Å². The summed E-state index contributed by atoms with van der Waals surface area (Å²) in [7, 11) is -3.85. The van der Waals surface area contributed by atoms with Gasteiger partial charge < -0.3 is 10.2 Å². The zero-order valence-corrected chi connectivity index (χ0v) is 23.0. The van der Waals surface area contributed by atoms with Crippen molar-refractivity contribution in [2.24, 2.45) is 0 Å². The van der Waals surface area contributed by atoms with Gasteiger partial charge in [0.2, 0.25) is 21.8 Å². The Bertz CT molecular complexity index is 1130. The van der Waals surface area contributed by atoms with Crippen LogP contribution in [0.4, 0.5) is 5.69 Å². The van der Waals surface area contributed by atoms with Gasteiger partial charge in [0.15, 0.2) is 0 Å². The van der Waals surface area contributed by atoms with Gasteiger partial charge in [-0.25, -0.2) is 8.42 Å². The van der Waals surface area contributed by atoms with Crippen LogP contribution in [0.25, 0.3) is 0 Å². The summed E-state index contributed by atoms with van der Waals surface area (Å²) >= 11 is 12.2. The summed E-state index contributed by atoms with van der Waals surface area (Å²) in [5, 5.41) is 3.58. The van der Waals surface area contributed by atoms with E-state index in [0.29, 0.717) is 6.42 Å². The number of anilines is 1. The van der Waals surface area contributed by atoms with E-state index in [1.165, 1.54) is 29.5 Å². The van der Waals surface area contributed by atoms with Gasteiger partial charge in [0.25, 0.3) is 0 Å². The van der Waals surface area contributed by atoms with E-state index < -0.39 is 28.5 Å². The fourth-order valence-corrected chi connectivity index (χ4v) is 5.78. The zero-order valence-electron chi connectivity index (χ0n) is 20.6. The number of sulfonamides is 1. The van der Waals surface area contributed by atoms with E-state index in [9.17, 15) is 18.0 Å². The lowest BCUT2D eigenvalue weighted by atomic mass is 9.95. The Labute approximate surface area is 223 Å². The molecule has 1 N–H and O–H groups in total. The van der Waals surface area contributed by atoms with Crippen LogP contribution in [-0.4, -0.2) is 56.6 Å². The van der Waals surface area contributed by atoms with E-state index in [1.807, 2.05) is 30.3 Å². The Kier molecular flexibility index (Phi) is 10.0. The Morgan fingerprint density at radius 2 is 1.64 bits per heavy atom. The molecular formula is C26H33Cl2N3O4S. The smallest absolute Gasteiger partial charge is 0.244 e. The van der Waals surface area contributed by atoms with E-state index in [1.54, 1.807) is 6.92 Å². The predicted octanol–water partition coefficient (Wildman–Crippen LogP) is 4.67. The summed E-state index contributed by atoms with van der Waals surface area (Å²) in [4.78, 5) is 28.2. The lowest BCUT2D eigenvalue weighted by Gasteiger charge is -2.33. The molecular weight excluding hydrogens is 521 g/mol. The predicted molar refractivity (Wildman–Crippen MR) is 145 cm³/mol. The fourth-order valence-electron chi connectivity index (χ4n) is 4.44. The highest BCUT2D eigenvalue weighted by molar-refractivity contribution is 7.92. The third-order valence-corrected chi connectivity index (χ3v) is 7.99. The number of halogens is 2. The summed E-state index contributed by atoms with van der Waals surface area (Å²) in [6, 6.07) is 13.3. The van der Waals surface area contributed by atoms with Gasteiger partial charge in [-0.3, -0.25) is 13.9 Å². The van der Waals surface area contributed by atoms with Gasteiger partial charge in [-0.05, 0) is 49.9 Å². The first kappa shape index (κ1) is 28.3. The van der Waals surface area contributed by atoms with Gasteiger partial charge in [-0.2, -0.15) is 0 Å². The average Bonchev–Trinajstić information content (AvgIpc) is 2.82. The molecule has 0 unspecified atom stereocenters. The van der Waals surface area contributed by atoms with E-state index in [-0.39, 0.29) is 34.2 Å². The summed E-state index contributed by atoms with van der Waals surface area (Å²) in [5.41, 5.74) is 1.20. The van der Waals surface area contributed by atoms with Crippen LogP contribution < -0.4 is 9.62 Å². The highest BCUT2D eigenvalue weighted by Crippen LogP contribution is 2.27. The van der Waals surface area contributed by atoms with Crippen LogP contribution in [-0.2, 0) is 26.0 Å². The van der Waals surface area contributed by atoms with Crippen molar-refractivity contribution < 1.29 is 18.0 Å². The first-order valence-electron chi connectivity index (χ1n) is 12.1. The monoisotopic (exact) mass is 553 g/mol. The minimum absolute atomic E-state index is 0.0981. The van der Waals surface area contributed by atoms with Gasteiger partial charge in [0.05, 0.1) is 11.9 Å². The minimum atomic E-state index is -3.85. The molecule has 10 heteroatoms. The fraction of sp³-hybridized carbons (Fsp3) is 0.462. The maximum atomic E-state index is 13.6. The zero-order chi connectivity index (χ0) is 26.3. The molecule has 0 radical (unpaired) electrons. The largest absolute Gasteiger partial charge is 0.352 e. The Balaban J connectivity index is 1.83. The summed E-state index contributed by atoms with van der Waals surface area (Å²) in [6.07, 6.45) is 6.70. The molecule has 1 aliphatic rings. The second-order valence-electron chi connectivity index (χ2n) is 9.24. The van der Waals surface area contributed by atoms with Crippen LogP contribution in [0.1, 0.15) is 44.6 Å². The average molecular weight is 555 g/mol. The van der Waals surface area contributed by atoms with Gasteiger partial charge in [0.1, 0.15) is 12.6 Å². The van der Waals surface area contributed by atoms with E-state index in [2.05, 4.69) is 5.32 Å². The number of nitrogens with one attached hydrogen (secondary N) is 1. The molecule has 196 valence electrons. The Morgan fingerprint density at radius 1 is 1.03 bits per heavy atom. The molecule has 0 bridgehead atoms. The molecule has 1 saturated carbocycles.